The summed E-state index contributed by atoms with van der Waals surface area (Å²) in [5.41, 5.74) is 6.30. The summed E-state index contributed by atoms with van der Waals surface area (Å²) in [6, 6.07) is 8.46. The standard InChI is InChI=1S/C17H23N3O5/c18-8-4-5-9-19-15(21)12(10-11-6-2-1-3-7-11)20-16(22)13-14(25-13)17(23)24/h1-3,6-7,12-14H,4-5,8-10,18H2,(H,19,21)(H,20,22)(H,23,24)/t12-,13+,14+/m0/s1. The van der Waals surface area contributed by atoms with Crippen LogP contribution in [0.3, 0.4) is 0 Å². The maximum atomic E-state index is 12.4. The fourth-order valence-corrected chi connectivity index (χ4v) is 2.42. The first-order chi connectivity index (χ1) is 12.0. The van der Waals surface area contributed by atoms with Crippen LogP contribution in [-0.2, 0) is 25.5 Å². The van der Waals surface area contributed by atoms with Crippen LogP contribution in [0.2, 0.25) is 0 Å². The summed E-state index contributed by atoms with van der Waals surface area (Å²) in [6.07, 6.45) is -0.321. The summed E-state index contributed by atoms with van der Waals surface area (Å²) in [5.74, 6) is -2.10. The van der Waals surface area contributed by atoms with Crippen molar-refractivity contribution in [2.24, 2.45) is 5.73 Å². The number of unbranched alkanes of at least 4 members (excludes halogenated alkanes) is 1. The van der Waals surface area contributed by atoms with Crippen LogP contribution < -0.4 is 16.4 Å². The van der Waals surface area contributed by atoms with Gasteiger partial charge in [0.25, 0.3) is 5.91 Å². The Morgan fingerprint density at radius 1 is 1.16 bits per heavy atom. The number of nitrogens with two attached hydrogens (primary N) is 1. The van der Waals surface area contributed by atoms with Gasteiger partial charge in [0.15, 0.2) is 12.2 Å². The zero-order chi connectivity index (χ0) is 18.2. The van der Waals surface area contributed by atoms with Crippen molar-refractivity contribution < 1.29 is 24.2 Å². The number of rotatable bonds is 10. The molecular weight excluding hydrogens is 326 g/mol. The number of amides is 2. The van der Waals surface area contributed by atoms with E-state index in [1.165, 1.54) is 0 Å². The first kappa shape index (κ1) is 18.9. The Balaban J connectivity index is 1.95. The van der Waals surface area contributed by atoms with E-state index in [1.807, 2.05) is 30.3 Å². The lowest BCUT2D eigenvalue weighted by atomic mass is 10.0. The number of benzene rings is 1. The molecule has 0 spiro atoms. The predicted molar refractivity (Wildman–Crippen MR) is 89.7 cm³/mol. The van der Waals surface area contributed by atoms with Gasteiger partial charge in [-0.15, -0.1) is 0 Å². The largest absolute Gasteiger partial charge is 0.479 e. The summed E-state index contributed by atoms with van der Waals surface area (Å²) in [7, 11) is 0. The Morgan fingerprint density at radius 3 is 2.48 bits per heavy atom. The minimum atomic E-state index is -1.19. The molecule has 2 amide bonds. The van der Waals surface area contributed by atoms with Gasteiger partial charge in [-0.3, -0.25) is 9.59 Å². The molecule has 2 rings (SSSR count). The molecule has 0 saturated carbocycles. The van der Waals surface area contributed by atoms with Crippen LogP contribution in [0.25, 0.3) is 0 Å². The molecule has 136 valence electrons. The van der Waals surface area contributed by atoms with Crippen LogP contribution in [0.15, 0.2) is 30.3 Å². The maximum absolute atomic E-state index is 12.4. The van der Waals surface area contributed by atoms with E-state index in [4.69, 9.17) is 15.6 Å². The quantitative estimate of drug-likeness (QED) is 0.330. The van der Waals surface area contributed by atoms with Gasteiger partial charge in [0.1, 0.15) is 6.04 Å². The molecule has 0 aliphatic carbocycles. The van der Waals surface area contributed by atoms with E-state index in [0.717, 1.165) is 18.4 Å². The second-order valence-electron chi connectivity index (χ2n) is 5.85. The highest BCUT2D eigenvalue weighted by Gasteiger charge is 2.51. The highest BCUT2D eigenvalue weighted by atomic mass is 16.6. The normalized spacial score (nSPS) is 19.7. The molecule has 1 aliphatic heterocycles. The predicted octanol–water partition coefficient (Wildman–Crippen LogP) is -0.579. The van der Waals surface area contributed by atoms with Crippen molar-refractivity contribution in [3.05, 3.63) is 35.9 Å². The number of hydrogen-bond acceptors (Lipinski definition) is 5. The van der Waals surface area contributed by atoms with Gasteiger partial charge in [-0.2, -0.15) is 0 Å². The molecule has 1 aliphatic rings. The van der Waals surface area contributed by atoms with Crippen LogP contribution in [0, 0.1) is 0 Å². The molecular formula is C17H23N3O5. The van der Waals surface area contributed by atoms with Gasteiger partial charge in [0.05, 0.1) is 0 Å². The van der Waals surface area contributed by atoms with E-state index in [-0.39, 0.29) is 5.91 Å². The summed E-state index contributed by atoms with van der Waals surface area (Å²) < 4.78 is 4.83. The third-order valence-electron chi connectivity index (χ3n) is 3.84. The molecule has 8 nitrogen and oxygen atoms in total. The molecule has 0 bridgehead atoms. The molecule has 5 N–H and O–H groups in total. The fourth-order valence-electron chi connectivity index (χ4n) is 2.42. The number of carboxylic acid groups (broad SMARTS) is 1. The number of ether oxygens (including phenoxy) is 1. The van der Waals surface area contributed by atoms with Gasteiger partial charge in [0, 0.05) is 13.0 Å². The minimum Gasteiger partial charge on any atom is -0.479 e. The highest BCUT2D eigenvalue weighted by molar-refractivity contribution is 5.95. The van der Waals surface area contributed by atoms with E-state index in [0.29, 0.717) is 19.5 Å². The number of nitrogens with one attached hydrogen (secondary N) is 2. The number of carboxylic acids is 1. The summed E-state index contributed by atoms with van der Waals surface area (Å²) in [4.78, 5) is 35.3. The molecule has 1 aromatic carbocycles. The van der Waals surface area contributed by atoms with Gasteiger partial charge in [0.2, 0.25) is 5.91 Å². The fraction of sp³-hybridized carbons (Fsp3) is 0.471. The van der Waals surface area contributed by atoms with Gasteiger partial charge in [-0.05, 0) is 24.9 Å². The SMILES string of the molecule is NCCCCNC(=O)[C@H](Cc1ccccc1)NC(=O)[C@@H]1O[C@H]1C(=O)O. The van der Waals surface area contributed by atoms with E-state index in [2.05, 4.69) is 10.6 Å². The van der Waals surface area contributed by atoms with E-state index in [1.54, 1.807) is 0 Å². The lowest BCUT2D eigenvalue weighted by Crippen LogP contribution is -2.49. The van der Waals surface area contributed by atoms with Crippen molar-refractivity contribution >= 4 is 17.8 Å². The topological polar surface area (TPSA) is 134 Å². The maximum Gasteiger partial charge on any atom is 0.336 e. The zero-order valence-electron chi connectivity index (χ0n) is 13.8. The lowest BCUT2D eigenvalue weighted by molar-refractivity contribution is -0.138. The average Bonchev–Trinajstić information content (AvgIpc) is 3.40. The van der Waals surface area contributed by atoms with Crippen molar-refractivity contribution in [3.8, 4) is 0 Å². The molecule has 1 heterocycles. The molecule has 0 radical (unpaired) electrons. The molecule has 1 aromatic rings. The second kappa shape index (κ2) is 9.14. The summed E-state index contributed by atoms with van der Waals surface area (Å²) in [6.45, 7) is 1.02. The summed E-state index contributed by atoms with van der Waals surface area (Å²) >= 11 is 0. The Labute approximate surface area is 145 Å². The van der Waals surface area contributed by atoms with Gasteiger partial charge in [-0.25, -0.2) is 4.79 Å². The van der Waals surface area contributed by atoms with Crippen molar-refractivity contribution in [1.82, 2.24) is 10.6 Å². The Kier molecular flexibility index (Phi) is 6.91. The average molecular weight is 349 g/mol. The Bertz CT molecular complexity index is 608. The Hall–Kier alpha value is -2.45. The van der Waals surface area contributed by atoms with E-state index < -0.39 is 30.1 Å². The van der Waals surface area contributed by atoms with Crippen LogP contribution in [-0.4, -0.2) is 54.2 Å². The summed E-state index contributed by atoms with van der Waals surface area (Å²) in [5, 5.41) is 14.2. The zero-order valence-corrected chi connectivity index (χ0v) is 13.8. The van der Waals surface area contributed by atoms with Crippen molar-refractivity contribution in [1.29, 1.82) is 0 Å². The molecule has 3 atom stereocenters. The van der Waals surface area contributed by atoms with Crippen molar-refractivity contribution in [2.45, 2.75) is 37.5 Å². The van der Waals surface area contributed by atoms with Crippen LogP contribution in [0.1, 0.15) is 18.4 Å². The van der Waals surface area contributed by atoms with Gasteiger partial charge >= 0.3 is 5.97 Å². The molecule has 8 heteroatoms. The van der Waals surface area contributed by atoms with Crippen LogP contribution in [0.5, 0.6) is 0 Å². The molecule has 1 saturated heterocycles. The second-order valence-corrected chi connectivity index (χ2v) is 5.85. The number of epoxide rings is 1. The third kappa shape index (κ3) is 5.84. The highest BCUT2D eigenvalue weighted by Crippen LogP contribution is 2.22. The lowest BCUT2D eigenvalue weighted by Gasteiger charge is -2.18. The number of carbonyl (C=O) groups excluding carboxylic acids is 2. The van der Waals surface area contributed by atoms with Gasteiger partial charge < -0.3 is 26.2 Å². The molecule has 0 aromatic heterocycles. The van der Waals surface area contributed by atoms with Crippen LogP contribution >= 0.6 is 0 Å². The molecule has 25 heavy (non-hydrogen) atoms. The van der Waals surface area contributed by atoms with E-state index in [9.17, 15) is 14.4 Å². The van der Waals surface area contributed by atoms with Crippen molar-refractivity contribution in [2.75, 3.05) is 13.1 Å². The van der Waals surface area contributed by atoms with Crippen LogP contribution in [0.4, 0.5) is 0 Å². The Morgan fingerprint density at radius 2 is 1.88 bits per heavy atom. The first-order valence-electron chi connectivity index (χ1n) is 8.23. The third-order valence-corrected chi connectivity index (χ3v) is 3.84. The number of hydrogen-bond donors (Lipinski definition) is 4. The molecule has 1 fully saturated rings. The first-order valence-corrected chi connectivity index (χ1v) is 8.23. The minimum absolute atomic E-state index is 0.305. The monoisotopic (exact) mass is 349 g/mol. The van der Waals surface area contributed by atoms with E-state index >= 15 is 0 Å². The number of carbonyl (C=O) groups is 3. The van der Waals surface area contributed by atoms with Gasteiger partial charge in [-0.1, -0.05) is 30.3 Å². The van der Waals surface area contributed by atoms with Crippen molar-refractivity contribution in [3.63, 3.8) is 0 Å². The smallest absolute Gasteiger partial charge is 0.336 e. The molecule has 0 unspecified atom stereocenters. The number of aliphatic carboxylic acids is 1.